The maximum atomic E-state index is 11.9. The number of amides is 1. The number of carbonyl (C=O) groups excluding carboxylic acids is 1. The van der Waals surface area contributed by atoms with Crippen LogP contribution < -0.4 is 10.1 Å². The van der Waals surface area contributed by atoms with Crippen LogP contribution in [0.5, 0.6) is 5.75 Å². The molecule has 0 spiro atoms. The molecule has 0 radical (unpaired) electrons. The molecule has 0 saturated heterocycles. The zero-order valence-corrected chi connectivity index (χ0v) is 15.3. The molecule has 24 heavy (non-hydrogen) atoms. The van der Waals surface area contributed by atoms with Crippen molar-refractivity contribution in [2.24, 2.45) is 0 Å². The number of para-hydroxylation sites is 2. The average molecular weight is 347 g/mol. The summed E-state index contributed by atoms with van der Waals surface area (Å²) in [5.74, 6) is 1.52. The number of nitrogens with one attached hydrogen (secondary N) is 1. The van der Waals surface area contributed by atoms with Gasteiger partial charge in [0.1, 0.15) is 19.0 Å². The van der Waals surface area contributed by atoms with Gasteiger partial charge in [-0.05, 0) is 36.5 Å². The fourth-order valence-electron chi connectivity index (χ4n) is 1.96. The van der Waals surface area contributed by atoms with Gasteiger partial charge in [-0.1, -0.05) is 42.5 Å². The molecule has 2 rings (SSSR count). The third-order valence-electron chi connectivity index (χ3n) is 3.29. The van der Waals surface area contributed by atoms with E-state index in [4.69, 9.17) is 9.47 Å². The Balaban J connectivity index is 1.90. The van der Waals surface area contributed by atoms with E-state index in [1.807, 2.05) is 48.5 Å². The number of ether oxygens (including phenoxy) is 2. The largest absolute Gasteiger partial charge is 0.487 e. The second-order valence-corrected chi connectivity index (χ2v) is 10.9. The first-order valence-corrected chi connectivity index (χ1v) is 10.8. The van der Waals surface area contributed by atoms with Crippen LogP contribution in [-0.2, 0) is 11.3 Å². The van der Waals surface area contributed by atoms with Crippen LogP contribution >= 0.6 is 10.0 Å². The maximum absolute atomic E-state index is 11.9. The van der Waals surface area contributed by atoms with E-state index >= 15 is 0 Å². The van der Waals surface area contributed by atoms with Gasteiger partial charge in [0.2, 0.25) is 0 Å². The molecule has 0 saturated carbocycles. The van der Waals surface area contributed by atoms with Gasteiger partial charge in [0.05, 0.1) is 5.69 Å². The van der Waals surface area contributed by atoms with Gasteiger partial charge in [0.25, 0.3) is 0 Å². The highest BCUT2D eigenvalue weighted by atomic mass is 32.3. The second-order valence-electron chi connectivity index (χ2n) is 6.33. The van der Waals surface area contributed by atoms with Crippen molar-refractivity contribution in [2.45, 2.75) is 6.61 Å². The van der Waals surface area contributed by atoms with E-state index in [1.165, 1.54) is 0 Å². The second kappa shape index (κ2) is 8.64. The first-order valence-electron chi connectivity index (χ1n) is 7.79. The van der Waals surface area contributed by atoms with Crippen molar-refractivity contribution in [2.75, 3.05) is 36.4 Å². The summed E-state index contributed by atoms with van der Waals surface area (Å²) < 4.78 is 11.1. The van der Waals surface area contributed by atoms with Crippen LogP contribution in [0.4, 0.5) is 10.5 Å². The molecule has 0 aliphatic carbocycles. The molecule has 0 unspecified atom stereocenters. The fourth-order valence-corrected chi connectivity index (χ4v) is 2.54. The Hall–Kier alpha value is -2.14. The normalized spacial score (nSPS) is 11.6. The molecular weight excluding hydrogens is 322 g/mol. The minimum Gasteiger partial charge on any atom is -0.487 e. The van der Waals surface area contributed by atoms with Crippen molar-refractivity contribution < 1.29 is 14.3 Å². The Morgan fingerprint density at radius 2 is 1.67 bits per heavy atom. The number of benzene rings is 2. The van der Waals surface area contributed by atoms with Crippen LogP contribution in [0.2, 0.25) is 0 Å². The predicted molar refractivity (Wildman–Crippen MR) is 102 cm³/mol. The maximum Gasteiger partial charge on any atom is 0.411 e. The van der Waals surface area contributed by atoms with Gasteiger partial charge in [0, 0.05) is 5.75 Å². The van der Waals surface area contributed by atoms with Gasteiger partial charge < -0.3 is 9.47 Å². The molecule has 2 aromatic carbocycles. The van der Waals surface area contributed by atoms with Gasteiger partial charge in [0.15, 0.2) is 0 Å². The Labute approximate surface area is 145 Å². The third-order valence-corrected chi connectivity index (χ3v) is 4.68. The summed E-state index contributed by atoms with van der Waals surface area (Å²) in [6.07, 6.45) is 6.14. The highest BCUT2D eigenvalue weighted by Crippen LogP contribution is 2.33. The molecule has 0 aliphatic rings. The molecule has 1 amide bonds. The zero-order chi connectivity index (χ0) is 17.4. The molecule has 130 valence electrons. The Bertz CT molecular complexity index is 653. The van der Waals surface area contributed by atoms with Gasteiger partial charge >= 0.3 is 6.09 Å². The molecule has 4 nitrogen and oxygen atoms in total. The Morgan fingerprint density at radius 1 is 1.00 bits per heavy atom. The standard InChI is InChI=1S/C19H25NO3S/c1-24(2,3)14-13-22-19(21)20-17-11-7-8-12-18(17)23-15-16-9-5-4-6-10-16/h4-12H,13-15H2,1-3H3,(H,20,21). The predicted octanol–water partition coefficient (Wildman–Crippen LogP) is 4.51. The topological polar surface area (TPSA) is 47.6 Å². The lowest BCUT2D eigenvalue weighted by Crippen LogP contribution is -2.18. The summed E-state index contributed by atoms with van der Waals surface area (Å²) in [5, 5.41) is 2.76. The lowest BCUT2D eigenvalue weighted by atomic mass is 10.2. The van der Waals surface area contributed by atoms with Gasteiger partial charge in [-0.3, -0.25) is 5.32 Å². The molecule has 0 heterocycles. The molecule has 0 bridgehead atoms. The summed E-state index contributed by atoms with van der Waals surface area (Å²) in [6.45, 7) is 0.875. The van der Waals surface area contributed by atoms with E-state index in [2.05, 4.69) is 24.1 Å². The quantitative estimate of drug-likeness (QED) is 0.802. The minimum atomic E-state index is -0.670. The summed E-state index contributed by atoms with van der Waals surface area (Å²) in [5.41, 5.74) is 1.68. The van der Waals surface area contributed by atoms with Gasteiger partial charge in [-0.25, -0.2) is 14.8 Å². The number of hydrogen-bond acceptors (Lipinski definition) is 3. The zero-order valence-electron chi connectivity index (χ0n) is 14.5. The lowest BCUT2D eigenvalue weighted by Gasteiger charge is -2.24. The molecule has 2 aromatic rings. The van der Waals surface area contributed by atoms with Crippen LogP contribution in [0.3, 0.4) is 0 Å². The SMILES string of the molecule is CS(C)(C)CCOC(=O)Nc1ccccc1OCc1ccccc1. The number of rotatable bonds is 7. The van der Waals surface area contributed by atoms with Crippen molar-refractivity contribution in [3.8, 4) is 5.75 Å². The first-order chi connectivity index (χ1) is 11.4. The molecule has 0 aromatic heterocycles. The fraction of sp³-hybridized carbons (Fsp3) is 0.316. The molecule has 0 fully saturated rings. The van der Waals surface area contributed by atoms with Crippen molar-refractivity contribution in [3.63, 3.8) is 0 Å². The molecule has 0 aliphatic heterocycles. The van der Waals surface area contributed by atoms with Crippen molar-refractivity contribution >= 4 is 21.8 Å². The van der Waals surface area contributed by atoms with E-state index in [0.717, 1.165) is 11.3 Å². The number of anilines is 1. The highest BCUT2D eigenvalue weighted by Gasteiger charge is 2.10. The van der Waals surface area contributed by atoms with Crippen LogP contribution in [0.1, 0.15) is 5.56 Å². The summed E-state index contributed by atoms with van der Waals surface area (Å²) in [7, 11) is -0.670. The van der Waals surface area contributed by atoms with E-state index in [-0.39, 0.29) is 0 Å². The van der Waals surface area contributed by atoms with Crippen molar-refractivity contribution in [1.82, 2.24) is 0 Å². The smallest absolute Gasteiger partial charge is 0.411 e. The van der Waals surface area contributed by atoms with Crippen LogP contribution in [-0.4, -0.2) is 37.2 Å². The lowest BCUT2D eigenvalue weighted by molar-refractivity contribution is 0.168. The molecular formula is C19H25NO3S. The van der Waals surface area contributed by atoms with Crippen LogP contribution in [0.15, 0.2) is 54.6 Å². The molecule has 0 atom stereocenters. The average Bonchev–Trinajstić information content (AvgIpc) is 2.54. The first kappa shape index (κ1) is 18.2. The number of hydrogen-bond donors (Lipinski definition) is 1. The van der Waals surface area contributed by atoms with E-state index in [1.54, 1.807) is 6.07 Å². The van der Waals surface area contributed by atoms with E-state index < -0.39 is 16.1 Å². The van der Waals surface area contributed by atoms with Gasteiger partial charge in [-0.2, -0.15) is 0 Å². The van der Waals surface area contributed by atoms with Gasteiger partial charge in [-0.15, -0.1) is 0 Å². The summed E-state index contributed by atoms with van der Waals surface area (Å²) in [6, 6.07) is 17.3. The molecule has 5 heteroatoms. The van der Waals surface area contributed by atoms with Crippen LogP contribution in [0, 0.1) is 0 Å². The summed E-state index contributed by atoms with van der Waals surface area (Å²) in [4.78, 5) is 11.9. The van der Waals surface area contributed by atoms with E-state index in [9.17, 15) is 4.79 Å². The van der Waals surface area contributed by atoms with Crippen molar-refractivity contribution in [3.05, 3.63) is 60.2 Å². The minimum absolute atomic E-state index is 0.428. The summed E-state index contributed by atoms with van der Waals surface area (Å²) >= 11 is 0. The van der Waals surface area contributed by atoms with E-state index in [0.29, 0.717) is 24.7 Å². The Kier molecular flexibility index (Phi) is 6.55. The third kappa shape index (κ3) is 6.54. The van der Waals surface area contributed by atoms with Crippen molar-refractivity contribution in [1.29, 1.82) is 0 Å². The number of carbonyl (C=O) groups is 1. The molecule has 1 N–H and O–H groups in total. The van der Waals surface area contributed by atoms with Crippen LogP contribution in [0.25, 0.3) is 0 Å². The Morgan fingerprint density at radius 3 is 2.38 bits per heavy atom. The monoisotopic (exact) mass is 347 g/mol. The highest BCUT2D eigenvalue weighted by molar-refractivity contribution is 8.32.